The van der Waals surface area contributed by atoms with Crippen LogP contribution in [0.4, 0.5) is 5.69 Å². The highest BCUT2D eigenvalue weighted by Crippen LogP contribution is 2.29. The number of allylic oxidation sites excluding steroid dienone is 3. The van der Waals surface area contributed by atoms with Crippen molar-refractivity contribution in [2.24, 2.45) is 0 Å². The van der Waals surface area contributed by atoms with E-state index >= 15 is 0 Å². The number of anilines is 1. The standard InChI is InChI=1S/C17H22N2O5S/c1-3-4-5-6-17(20)18-15-13-14(7-8-16(15)23-2)25(21,22)19-9-11-24-12-10-19/h3-8,13H,9-12H2,1-2H3,(H,18,20)/b4-3+,6-5+. The van der Waals surface area contributed by atoms with Crippen molar-refractivity contribution in [1.82, 2.24) is 4.31 Å². The van der Waals surface area contributed by atoms with Gasteiger partial charge in [0.15, 0.2) is 0 Å². The molecule has 1 aromatic rings. The van der Waals surface area contributed by atoms with Crippen molar-refractivity contribution in [2.75, 3.05) is 38.7 Å². The van der Waals surface area contributed by atoms with Crippen molar-refractivity contribution >= 4 is 21.6 Å². The topological polar surface area (TPSA) is 84.9 Å². The van der Waals surface area contributed by atoms with Gasteiger partial charge in [0.25, 0.3) is 0 Å². The number of amides is 1. The number of rotatable bonds is 6. The van der Waals surface area contributed by atoms with Crippen LogP contribution in [-0.4, -0.2) is 52.0 Å². The zero-order chi connectivity index (χ0) is 18.3. The molecule has 136 valence electrons. The molecule has 0 aromatic heterocycles. The Morgan fingerprint density at radius 1 is 1.28 bits per heavy atom. The van der Waals surface area contributed by atoms with E-state index < -0.39 is 10.0 Å². The van der Waals surface area contributed by atoms with Gasteiger partial charge in [-0.05, 0) is 25.1 Å². The Morgan fingerprint density at radius 3 is 2.64 bits per heavy atom. The van der Waals surface area contributed by atoms with Crippen LogP contribution in [-0.2, 0) is 19.6 Å². The van der Waals surface area contributed by atoms with Crippen molar-refractivity contribution < 1.29 is 22.7 Å². The maximum atomic E-state index is 12.7. The highest BCUT2D eigenvalue weighted by molar-refractivity contribution is 7.89. The zero-order valence-electron chi connectivity index (χ0n) is 14.3. The summed E-state index contributed by atoms with van der Waals surface area (Å²) in [4.78, 5) is 12.1. The van der Waals surface area contributed by atoms with Crippen molar-refractivity contribution in [3.8, 4) is 5.75 Å². The second-order valence-electron chi connectivity index (χ2n) is 5.25. The summed E-state index contributed by atoms with van der Waals surface area (Å²) in [6, 6.07) is 4.40. The van der Waals surface area contributed by atoms with Crippen LogP contribution in [0.15, 0.2) is 47.4 Å². The van der Waals surface area contributed by atoms with Gasteiger partial charge in [-0.25, -0.2) is 8.42 Å². The fourth-order valence-electron chi connectivity index (χ4n) is 2.31. The minimum absolute atomic E-state index is 0.0999. The van der Waals surface area contributed by atoms with Crippen LogP contribution >= 0.6 is 0 Å². The molecule has 1 saturated heterocycles. The molecule has 0 aliphatic carbocycles. The zero-order valence-corrected chi connectivity index (χ0v) is 15.1. The van der Waals surface area contributed by atoms with Gasteiger partial charge in [-0.1, -0.05) is 18.2 Å². The highest BCUT2D eigenvalue weighted by atomic mass is 32.2. The Balaban J connectivity index is 2.28. The average molecular weight is 366 g/mol. The number of ether oxygens (including phenoxy) is 2. The summed E-state index contributed by atoms with van der Waals surface area (Å²) in [5, 5.41) is 2.64. The summed E-state index contributed by atoms with van der Waals surface area (Å²) in [7, 11) is -2.19. The Hall–Kier alpha value is -2.16. The van der Waals surface area contributed by atoms with E-state index in [-0.39, 0.29) is 10.8 Å². The number of nitrogens with one attached hydrogen (secondary N) is 1. The van der Waals surface area contributed by atoms with E-state index in [2.05, 4.69) is 5.32 Å². The van der Waals surface area contributed by atoms with E-state index in [0.717, 1.165) is 0 Å². The summed E-state index contributed by atoms with van der Waals surface area (Å²) in [6.07, 6.45) is 6.45. The second kappa shape index (κ2) is 8.80. The van der Waals surface area contributed by atoms with Crippen LogP contribution in [0.3, 0.4) is 0 Å². The molecule has 1 fully saturated rings. The van der Waals surface area contributed by atoms with E-state index in [1.165, 1.54) is 35.7 Å². The van der Waals surface area contributed by atoms with E-state index in [0.29, 0.717) is 37.7 Å². The molecule has 0 bridgehead atoms. The first-order valence-corrected chi connectivity index (χ1v) is 9.29. The van der Waals surface area contributed by atoms with Crippen LogP contribution in [0, 0.1) is 0 Å². The first-order valence-electron chi connectivity index (χ1n) is 7.85. The molecule has 1 N–H and O–H groups in total. The fourth-order valence-corrected chi connectivity index (χ4v) is 3.74. The molecule has 1 amide bonds. The molecule has 0 spiro atoms. The number of benzene rings is 1. The minimum atomic E-state index is -3.65. The van der Waals surface area contributed by atoms with Gasteiger partial charge in [-0.3, -0.25) is 4.79 Å². The number of morpholine rings is 1. The molecule has 0 unspecified atom stereocenters. The number of sulfonamides is 1. The van der Waals surface area contributed by atoms with E-state index in [4.69, 9.17) is 9.47 Å². The maximum Gasteiger partial charge on any atom is 0.248 e. The summed E-state index contributed by atoms with van der Waals surface area (Å²) >= 11 is 0. The molecular formula is C17H22N2O5S. The summed E-state index contributed by atoms with van der Waals surface area (Å²) in [6.45, 7) is 3.19. The molecule has 7 nitrogen and oxygen atoms in total. The number of carbonyl (C=O) groups excluding carboxylic acids is 1. The number of methoxy groups -OCH3 is 1. The predicted molar refractivity (Wildman–Crippen MR) is 95.2 cm³/mol. The van der Waals surface area contributed by atoms with Gasteiger partial charge in [0, 0.05) is 19.2 Å². The minimum Gasteiger partial charge on any atom is -0.495 e. The molecule has 25 heavy (non-hydrogen) atoms. The third kappa shape index (κ3) is 4.91. The van der Waals surface area contributed by atoms with Crippen molar-refractivity contribution in [3.63, 3.8) is 0 Å². The molecule has 0 radical (unpaired) electrons. The number of hydrogen-bond acceptors (Lipinski definition) is 5. The van der Waals surface area contributed by atoms with E-state index in [1.807, 2.05) is 6.92 Å². The van der Waals surface area contributed by atoms with Crippen molar-refractivity contribution in [1.29, 1.82) is 0 Å². The lowest BCUT2D eigenvalue weighted by Crippen LogP contribution is -2.40. The van der Waals surface area contributed by atoms with Gasteiger partial charge in [0.05, 0.1) is 30.9 Å². The lowest BCUT2D eigenvalue weighted by atomic mass is 10.3. The predicted octanol–water partition coefficient (Wildman–Crippen LogP) is 1.79. The monoisotopic (exact) mass is 366 g/mol. The van der Waals surface area contributed by atoms with Gasteiger partial charge >= 0.3 is 0 Å². The smallest absolute Gasteiger partial charge is 0.248 e. The highest BCUT2D eigenvalue weighted by Gasteiger charge is 2.27. The van der Waals surface area contributed by atoms with Gasteiger partial charge < -0.3 is 14.8 Å². The molecule has 0 atom stereocenters. The van der Waals surface area contributed by atoms with Crippen LogP contribution < -0.4 is 10.1 Å². The molecule has 1 aliphatic heterocycles. The molecule has 8 heteroatoms. The molecule has 0 saturated carbocycles. The second-order valence-corrected chi connectivity index (χ2v) is 7.19. The lowest BCUT2D eigenvalue weighted by Gasteiger charge is -2.26. The fraction of sp³-hybridized carbons (Fsp3) is 0.353. The van der Waals surface area contributed by atoms with Crippen molar-refractivity contribution in [3.05, 3.63) is 42.5 Å². The SMILES string of the molecule is C/C=C/C=C/C(=O)Nc1cc(S(=O)(=O)N2CCOCC2)ccc1OC. The Bertz CT molecular complexity index is 765. The van der Waals surface area contributed by atoms with E-state index in [9.17, 15) is 13.2 Å². The summed E-state index contributed by atoms with van der Waals surface area (Å²) < 4.78 is 37.2. The molecule has 1 aromatic carbocycles. The Kier molecular flexibility index (Phi) is 6.74. The van der Waals surface area contributed by atoms with E-state index in [1.54, 1.807) is 18.2 Å². The lowest BCUT2D eigenvalue weighted by molar-refractivity contribution is -0.111. The van der Waals surface area contributed by atoms with Crippen LogP contribution in [0.5, 0.6) is 5.75 Å². The molecule has 2 rings (SSSR count). The first kappa shape index (κ1) is 19.2. The van der Waals surface area contributed by atoms with Crippen LogP contribution in [0.25, 0.3) is 0 Å². The van der Waals surface area contributed by atoms with Crippen LogP contribution in [0.2, 0.25) is 0 Å². The summed E-state index contributed by atoms with van der Waals surface area (Å²) in [5.74, 6) is 0.00558. The maximum absolute atomic E-state index is 12.7. The number of carbonyl (C=O) groups is 1. The average Bonchev–Trinajstić information content (AvgIpc) is 2.62. The van der Waals surface area contributed by atoms with Gasteiger partial charge in [0.2, 0.25) is 15.9 Å². The summed E-state index contributed by atoms with van der Waals surface area (Å²) in [5.41, 5.74) is 0.298. The first-order chi connectivity index (χ1) is 12.0. The van der Waals surface area contributed by atoms with Crippen molar-refractivity contribution in [2.45, 2.75) is 11.8 Å². The quantitative estimate of drug-likeness (QED) is 0.613. The van der Waals surface area contributed by atoms with Gasteiger partial charge in [-0.15, -0.1) is 0 Å². The van der Waals surface area contributed by atoms with Gasteiger partial charge in [-0.2, -0.15) is 4.31 Å². The normalized spacial score (nSPS) is 16.4. The molecule has 1 aliphatic rings. The molecular weight excluding hydrogens is 344 g/mol. The third-order valence-corrected chi connectivity index (χ3v) is 5.48. The number of nitrogens with zero attached hydrogens (tertiary/aromatic N) is 1. The Morgan fingerprint density at radius 2 is 2.00 bits per heavy atom. The largest absolute Gasteiger partial charge is 0.495 e. The number of hydrogen-bond donors (Lipinski definition) is 1. The third-order valence-electron chi connectivity index (χ3n) is 3.59. The van der Waals surface area contributed by atoms with Gasteiger partial charge in [0.1, 0.15) is 5.75 Å². The molecule has 1 heterocycles. The van der Waals surface area contributed by atoms with Crippen LogP contribution in [0.1, 0.15) is 6.92 Å². The Labute approximate surface area is 148 Å².